The smallest absolute Gasteiger partial charge is 0.326 e. The quantitative estimate of drug-likeness (QED) is 0.0441. The van der Waals surface area contributed by atoms with Gasteiger partial charge in [-0.25, -0.2) is 4.79 Å². The number of aliphatic carboxylic acids is 1. The summed E-state index contributed by atoms with van der Waals surface area (Å²) in [6, 6.07) is -0.859. The van der Waals surface area contributed by atoms with Crippen molar-refractivity contribution < 1.29 is 24.2 Å². The van der Waals surface area contributed by atoms with E-state index in [-0.39, 0.29) is 18.0 Å². The van der Waals surface area contributed by atoms with Gasteiger partial charge in [-0.2, -0.15) is 0 Å². The molecule has 284 valence electrons. The van der Waals surface area contributed by atoms with Gasteiger partial charge in [0.2, 0.25) is 5.91 Å². The number of hydrogen-bond acceptors (Lipinski definition) is 5. The van der Waals surface area contributed by atoms with Gasteiger partial charge in [0.05, 0.1) is 0 Å². The second kappa shape index (κ2) is 36.6. The minimum absolute atomic E-state index is 0.00311. The van der Waals surface area contributed by atoms with Gasteiger partial charge in [-0.3, -0.25) is 9.59 Å². The molecule has 2 atom stereocenters. The highest BCUT2D eigenvalue weighted by atomic mass is 16.5. The van der Waals surface area contributed by atoms with Crippen LogP contribution in [0.2, 0.25) is 0 Å². The number of unbranched alkanes of at least 4 members (excludes halogenated alkanes) is 24. The molecule has 4 N–H and O–H groups in total. The molecule has 7 heteroatoms. The fourth-order valence-corrected chi connectivity index (χ4v) is 6.51. The summed E-state index contributed by atoms with van der Waals surface area (Å²) in [5, 5.41) is 11.9. The number of carbonyl (C=O) groups excluding carboxylic acids is 2. The summed E-state index contributed by atoms with van der Waals surface area (Å²) in [6.45, 7) is 4.93. The molecule has 0 fully saturated rings. The third-order valence-electron chi connectivity index (χ3n) is 9.67. The first kappa shape index (κ1) is 46.4. The fraction of sp³-hybridized carbons (Fsp3) is 0.927. The number of ether oxygens (including phenoxy) is 1. The highest BCUT2D eigenvalue weighted by Gasteiger charge is 2.19. The van der Waals surface area contributed by atoms with Gasteiger partial charge in [0.25, 0.3) is 0 Å². The molecule has 0 spiro atoms. The molecule has 2 unspecified atom stereocenters. The normalized spacial score (nSPS) is 12.6. The van der Waals surface area contributed by atoms with E-state index >= 15 is 0 Å². The molecular weight excluding hydrogens is 600 g/mol. The maximum atomic E-state index is 12.7. The summed E-state index contributed by atoms with van der Waals surface area (Å²) in [5.41, 5.74) is 5.47. The zero-order chi connectivity index (χ0) is 35.3. The lowest BCUT2D eigenvalue weighted by Crippen LogP contribution is -2.40. The van der Waals surface area contributed by atoms with E-state index in [0.717, 1.165) is 57.8 Å². The third-order valence-corrected chi connectivity index (χ3v) is 9.67. The first-order chi connectivity index (χ1) is 23.4. The molecule has 0 aliphatic carbocycles. The summed E-state index contributed by atoms with van der Waals surface area (Å²) in [6.07, 6.45) is 37.3. The van der Waals surface area contributed by atoms with Crippen molar-refractivity contribution in [1.29, 1.82) is 0 Å². The molecule has 7 nitrogen and oxygen atoms in total. The monoisotopic (exact) mass is 681 g/mol. The number of carbonyl (C=O) groups is 3. The SMILES string of the molecule is CCCCCCCCCCCCCCCCCCCC(=O)OC(CCCCCCCC)CCCCCCC(=O)NC(CCCN)C(=O)O. The molecule has 0 aliphatic rings. The van der Waals surface area contributed by atoms with Crippen molar-refractivity contribution >= 4 is 17.8 Å². The molecule has 0 radical (unpaired) electrons. The predicted octanol–water partition coefficient (Wildman–Crippen LogP) is 11.3. The van der Waals surface area contributed by atoms with Crippen molar-refractivity contribution in [2.75, 3.05) is 6.54 Å². The molecule has 0 heterocycles. The largest absolute Gasteiger partial charge is 0.480 e. The highest BCUT2D eigenvalue weighted by Crippen LogP contribution is 2.19. The Morgan fingerprint density at radius 1 is 0.521 bits per heavy atom. The summed E-state index contributed by atoms with van der Waals surface area (Å²) in [4.78, 5) is 36.2. The maximum Gasteiger partial charge on any atom is 0.326 e. The van der Waals surface area contributed by atoms with Gasteiger partial charge >= 0.3 is 11.9 Å². The van der Waals surface area contributed by atoms with Crippen molar-refractivity contribution in [1.82, 2.24) is 5.32 Å². The Bertz CT molecular complexity index is 732. The first-order valence-electron chi connectivity index (χ1n) is 20.9. The Hall–Kier alpha value is -1.63. The van der Waals surface area contributed by atoms with Crippen LogP contribution in [0, 0.1) is 0 Å². The zero-order valence-electron chi connectivity index (χ0n) is 31.9. The molecule has 48 heavy (non-hydrogen) atoms. The van der Waals surface area contributed by atoms with E-state index in [1.54, 1.807) is 0 Å². The molecule has 0 aliphatic heterocycles. The molecule has 0 aromatic heterocycles. The van der Waals surface area contributed by atoms with Crippen molar-refractivity contribution in [2.45, 2.75) is 238 Å². The summed E-state index contributed by atoms with van der Waals surface area (Å²) in [5.74, 6) is -1.25. The van der Waals surface area contributed by atoms with Crippen molar-refractivity contribution in [3.05, 3.63) is 0 Å². The number of nitrogens with one attached hydrogen (secondary N) is 1. The van der Waals surface area contributed by atoms with Crippen molar-refractivity contribution in [2.24, 2.45) is 5.73 Å². The predicted molar refractivity (Wildman–Crippen MR) is 202 cm³/mol. The van der Waals surface area contributed by atoms with E-state index in [1.807, 2.05) is 0 Å². The van der Waals surface area contributed by atoms with Crippen LogP contribution in [-0.4, -0.2) is 41.6 Å². The van der Waals surface area contributed by atoms with E-state index in [9.17, 15) is 19.5 Å². The number of hydrogen-bond donors (Lipinski definition) is 3. The van der Waals surface area contributed by atoms with E-state index in [4.69, 9.17) is 10.5 Å². The number of rotatable bonds is 38. The third kappa shape index (κ3) is 32.9. The lowest BCUT2D eigenvalue weighted by molar-refractivity contribution is -0.150. The zero-order valence-corrected chi connectivity index (χ0v) is 31.9. The van der Waals surface area contributed by atoms with E-state index < -0.39 is 12.0 Å². The topological polar surface area (TPSA) is 119 Å². The Morgan fingerprint density at radius 2 is 0.896 bits per heavy atom. The minimum atomic E-state index is -1.01. The minimum Gasteiger partial charge on any atom is -0.480 e. The van der Waals surface area contributed by atoms with Gasteiger partial charge in [-0.15, -0.1) is 0 Å². The molecule has 0 saturated carbocycles. The molecule has 0 aromatic rings. The average molecular weight is 681 g/mol. The van der Waals surface area contributed by atoms with Crippen LogP contribution in [0.1, 0.15) is 226 Å². The molecule has 0 bridgehead atoms. The van der Waals surface area contributed by atoms with Gasteiger partial charge in [-0.1, -0.05) is 162 Å². The number of carboxylic acids is 1. The van der Waals surface area contributed by atoms with Gasteiger partial charge in [-0.05, 0) is 57.9 Å². The summed E-state index contributed by atoms with van der Waals surface area (Å²) in [7, 11) is 0. The van der Waals surface area contributed by atoms with Crippen LogP contribution in [0.15, 0.2) is 0 Å². The van der Waals surface area contributed by atoms with Gasteiger partial charge < -0.3 is 20.9 Å². The van der Waals surface area contributed by atoms with Crippen LogP contribution >= 0.6 is 0 Å². The van der Waals surface area contributed by atoms with Crippen molar-refractivity contribution in [3.63, 3.8) is 0 Å². The number of esters is 1. The second-order valence-corrected chi connectivity index (χ2v) is 14.4. The van der Waals surface area contributed by atoms with Crippen molar-refractivity contribution in [3.8, 4) is 0 Å². The number of nitrogens with two attached hydrogens (primary N) is 1. The van der Waals surface area contributed by atoms with Gasteiger partial charge in [0.15, 0.2) is 0 Å². The average Bonchev–Trinajstić information content (AvgIpc) is 3.07. The standard InChI is InChI=1S/C41H80N2O5/c1-3-5-7-9-11-12-13-14-15-16-17-18-19-20-21-23-29-35-40(45)48-37(31-26-22-10-8-6-4-2)32-27-24-25-28-34-39(44)43-38(41(46)47)33-30-36-42/h37-38H,3-36,42H2,1-2H3,(H,43,44)(H,46,47). The second-order valence-electron chi connectivity index (χ2n) is 14.4. The molecule has 1 amide bonds. The Labute approximate surface area is 297 Å². The first-order valence-corrected chi connectivity index (χ1v) is 20.9. The van der Waals surface area contributed by atoms with E-state index in [0.29, 0.717) is 32.2 Å². The number of carboxylic acid groups (broad SMARTS) is 1. The van der Waals surface area contributed by atoms with Crippen LogP contribution in [0.25, 0.3) is 0 Å². The molecule has 0 aromatic carbocycles. The van der Waals surface area contributed by atoms with Crippen LogP contribution in [0.3, 0.4) is 0 Å². The lowest BCUT2D eigenvalue weighted by Gasteiger charge is -2.18. The van der Waals surface area contributed by atoms with Gasteiger partial charge in [0.1, 0.15) is 12.1 Å². The highest BCUT2D eigenvalue weighted by molar-refractivity contribution is 5.83. The Kier molecular flexibility index (Phi) is 35.4. The molecular formula is C41H80N2O5. The van der Waals surface area contributed by atoms with Crippen LogP contribution < -0.4 is 11.1 Å². The summed E-state index contributed by atoms with van der Waals surface area (Å²) >= 11 is 0. The number of amides is 1. The van der Waals surface area contributed by atoms with E-state index in [1.165, 1.54) is 128 Å². The van der Waals surface area contributed by atoms with Crippen LogP contribution in [0.5, 0.6) is 0 Å². The van der Waals surface area contributed by atoms with Gasteiger partial charge in [0, 0.05) is 12.8 Å². The van der Waals surface area contributed by atoms with Crippen LogP contribution in [-0.2, 0) is 19.1 Å². The Morgan fingerprint density at radius 3 is 1.29 bits per heavy atom. The lowest BCUT2D eigenvalue weighted by atomic mass is 10.0. The Balaban J connectivity index is 4.06. The van der Waals surface area contributed by atoms with E-state index in [2.05, 4.69) is 19.2 Å². The summed E-state index contributed by atoms with van der Waals surface area (Å²) < 4.78 is 5.98. The van der Waals surface area contributed by atoms with Crippen LogP contribution in [0.4, 0.5) is 0 Å². The molecule has 0 saturated heterocycles. The molecule has 0 rings (SSSR count). The fourth-order valence-electron chi connectivity index (χ4n) is 6.51. The maximum absolute atomic E-state index is 12.7.